The van der Waals surface area contributed by atoms with Crippen LogP contribution in [-0.4, -0.2) is 28.2 Å². The molecule has 0 spiro atoms. The zero-order valence-corrected chi connectivity index (χ0v) is 15.0. The molecule has 2 aliphatic heterocycles. The Balaban J connectivity index is 1.77. The number of aromatic amines is 1. The number of aromatic nitrogens is 1. The summed E-state index contributed by atoms with van der Waals surface area (Å²) in [5.41, 5.74) is 4.40. The third-order valence-corrected chi connectivity index (χ3v) is 5.45. The van der Waals surface area contributed by atoms with E-state index in [1.165, 1.54) is 5.56 Å². The van der Waals surface area contributed by atoms with Gasteiger partial charge in [0.05, 0.1) is 16.9 Å². The summed E-state index contributed by atoms with van der Waals surface area (Å²) in [6, 6.07) is 15.5. The van der Waals surface area contributed by atoms with Crippen LogP contribution in [0.25, 0.3) is 10.9 Å². The largest absolute Gasteiger partial charge is 0.355 e. The lowest BCUT2D eigenvalue weighted by Gasteiger charge is -2.46. The van der Waals surface area contributed by atoms with E-state index in [2.05, 4.69) is 11.1 Å². The molecule has 134 valence electrons. The number of anilines is 1. The van der Waals surface area contributed by atoms with Crippen LogP contribution in [0.15, 0.2) is 60.7 Å². The molecule has 0 aliphatic carbocycles. The minimum absolute atomic E-state index is 0.0237. The molecule has 0 saturated carbocycles. The second-order valence-corrected chi connectivity index (χ2v) is 6.91. The number of hydrogen-bond donors (Lipinski definition) is 1. The molecule has 2 aromatic carbocycles. The van der Waals surface area contributed by atoms with E-state index < -0.39 is 6.17 Å². The standard InChI is InChI=1S/C22H19N3O2/c1-2-7-19(26)25-18-11-6-4-9-16(18)22(27)24-13-12-15-14-8-3-5-10-17(14)23-20(15)21(24)25/h2-11,21,23H,12-13H2,1H3/b7-2+. The molecule has 1 atom stereocenters. The highest BCUT2D eigenvalue weighted by molar-refractivity contribution is 6.11. The minimum Gasteiger partial charge on any atom is -0.355 e. The molecule has 3 heterocycles. The van der Waals surface area contributed by atoms with Crippen molar-refractivity contribution in [2.45, 2.75) is 19.5 Å². The molecule has 27 heavy (non-hydrogen) atoms. The van der Waals surface area contributed by atoms with Gasteiger partial charge in [0, 0.05) is 17.4 Å². The molecular formula is C22H19N3O2. The van der Waals surface area contributed by atoms with E-state index >= 15 is 0 Å². The first kappa shape index (κ1) is 15.9. The topological polar surface area (TPSA) is 56.4 Å². The number of carbonyl (C=O) groups is 2. The normalized spacial score (nSPS) is 18.6. The smallest absolute Gasteiger partial charge is 0.257 e. The molecule has 1 unspecified atom stereocenters. The maximum atomic E-state index is 13.2. The van der Waals surface area contributed by atoms with Crippen LogP contribution in [-0.2, 0) is 11.2 Å². The molecule has 5 heteroatoms. The first-order chi connectivity index (χ1) is 13.2. The van der Waals surface area contributed by atoms with Crippen LogP contribution in [0.1, 0.15) is 34.7 Å². The van der Waals surface area contributed by atoms with E-state index in [1.807, 2.05) is 43.3 Å². The highest BCUT2D eigenvalue weighted by Gasteiger charge is 2.44. The zero-order valence-electron chi connectivity index (χ0n) is 15.0. The summed E-state index contributed by atoms with van der Waals surface area (Å²) >= 11 is 0. The van der Waals surface area contributed by atoms with Gasteiger partial charge in [-0.1, -0.05) is 36.4 Å². The van der Waals surface area contributed by atoms with Crippen LogP contribution in [0, 0.1) is 0 Å². The second-order valence-electron chi connectivity index (χ2n) is 6.91. The molecule has 5 rings (SSSR count). The van der Waals surface area contributed by atoms with E-state index in [4.69, 9.17) is 0 Å². The third kappa shape index (κ3) is 2.18. The highest BCUT2D eigenvalue weighted by Crippen LogP contribution is 2.43. The van der Waals surface area contributed by atoms with Crippen LogP contribution in [0.5, 0.6) is 0 Å². The fourth-order valence-corrected chi connectivity index (χ4v) is 4.32. The molecule has 0 radical (unpaired) electrons. The predicted molar refractivity (Wildman–Crippen MR) is 105 cm³/mol. The maximum absolute atomic E-state index is 13.2. The Morgan fingerprint density at radius 3 is 2.78 bits per heavy atom. The quantitative estimate of drug-likeness (QED) is 0.674. The fourth-order valence-electron chi connectivity index (χ4n) is 4.32. The van der Waals surface area contributed by atoms with Crippen LogP contribution in [0.3, 0.4) is 0 Å². The molecule has 0 saturated heterocycles. The molecule has 5 nitrogen and oxygen atoms in total. The number of nitrogens with one attached hydrogen (secondary N) is 1. The van der Waals surface area contributed by atoms with Crippen LogP contribution >= 0.6 is 0 Å². The summed E-state index contributed by atoms with van der Waals surface area (Å²) in [5.74, 6) is -0.150. The van der Waals surface area contributed by atoms with Gasteiger partial charge >= 0.3 is 0 Å². The van der Waals surface area contributed by atoms with E-state index in [0.717, 1.165) is 23.0 Å². The molecule has 2 aliphatic rings. The number of amides is 2. The van der Waals surface area contributed by atoms with Gasteiger partial charge in [0.15, 0.2) is 6.17 Å². The van der Waals surface area contributed by atoms with Gasteiger partial charge in [-0.25, -0.2) is 0 Å². The number of nitrogens with zero attached hydrogens (tertiary/aromatic N) is 2. The summed E-state index contributed by atoms with van der Waals surface area (Å²) in [5, 5.41) is 1.16. The second kappa shape index (κ2) is 5.84. The lowest BCUT2D eigenvalue weighted by molar-refractivity contribution is -0.115. The number of H-pyrrole nitrogens is 1. The first-order valence-electron chi connectivity index (χ1n) is 9.16. The van der Waals surface area contributed by atoms with E-state index in [0.29, 0.717) is 17.8 Å². The van der Waals surface area contributed by atoms with Crippen molar-refractivity contribution >= 4 is 28.4 Å². The summed E-state index contributed by atoms with van der Waals surface area (Å²) < 4.78 is 0. The van der Waals surface area contributed by atoms with E-state index in [-0.39, 0.29) is 11.8 Å². The lowest BCUT2D eigenvalue weighted by atomic mass is 9.95. The Kier molecular flexibility index (Phi) is 3.44. The van der Waals surface area contributed by atoms with Crippen molar-refractivity contribution in [1.29, 1.82) is 0 Å². The van der Waals surface area contributed by atoms with Crippen LogP contribution in [0.4, 0.5) is 5.69 Å². The van der Waals surface area contributed by atoms with Crippen molar-refractivity contribution in [3.63, 3.8) is 0 Å². The van der Waals surface area contributed by atoms with Crippen molar-refractivity contribution < 1.29 is 9.59 Å². The number of benzene rings is 2. The monoisotopic (exact) mass is 357 g/mol. The van der Waals surface area contributed by atoms with Gasteiger partial charge in [0.1, 0.15) is 0 Å². The highest BCUT2D eigenvalue weighted by atomic mass is 16.2. The van der Waals surface area contributed by atoms with Gasteiger partial charge in [-0.3, -0.25) is 14.5 Å². The Bertz CT molecular complexity index is 1110. The zero-order chi connectivity index (χ0) is 18.5. The number of fused-ring (bicyclic) bond motifs is 6. The van der Waals surface area contributed by atoms with Gasteiger partial charge < -0.3 is 9.88 Å². The number of allylic oxidation sites excluding steroid dienone is 1. The van der Waals surface area contributed by atoms with E-state index in [1.54, 1.807) is 28.0 Å². The Hall–Kier alpha value is -3.34. The average molecular weight is 357 g/mol. The third-order valence-electron chi connectivity index (χ3n) is 5.45. The van der Waals surface area contributed by atoms with Crippen LogP contribution in [0.2, 0.25) is 0 Å². The SMILES string of the molecule is C/C=C/C(=O)N1c2ccccc2C(=O)N2CCc3c([nH]c4ccccc34)C21. The van der Waals surface area contributed by atoms with Gasteiger partial charge in [-0.2, -0.15) is 0 Å². The number of para-hydroxylation sites is 2. The van der Waals surface area contributed by atoms with Gasteiger partial charge in [0.2, 0.25) is 0 Å². The molecule has 0 fully saturated rings. The molecule has 2 amide bonds. The summed E-state index contributed by atoms with van der Waals surface area (Å²) in [6.45, 7) is 2.41. The van der Waals surface area contributed by atoms with Crippen molar-refractivity contribution in [1.82, 2.24) is 9.88 Å². The Morgan fingerprint density at radius 1 is 1.15 bits per heavy atom. The van der Waals surface area contributed by atoms with E-state index in [9.17, 15) is 9.59 Å². The molecular weight excluding hydrogens is 338 g/mol. The lowest BCUT2D eigenvalue weighted by Crippen LogP contribution is -2.54. The first-order valence-corrected chi connectivity index (χ1v) is 9.16. The number of carbonyl (C=O) groups excluding carboxylic acids is 2. The summed E-state index contributed by atoms with van der Waals surface area (Å²) in [6.07, 6.45) is 3.62. The minimum atomic E-state index is -0.452. The van der Waals surface area contributed by atoms with Crippen molar-refractivity contribution in [2.24, 2.45) is 0 Å². The molecule has 0 bridgehead atoms. The Morgan fingerprint density at radius 2 is 1.93 bits per heavy atom. The average Bonchev–Trinajstić information content (AvgIpc) is 3.07. The number of hydrogen-bond acceptors (Lipinski definition) is 2. The van der Waals surface area contributed by atoms with Crippen molar-refractivity contribution in [3.05, 3.63) is 77.5 Å². The van der Waals surface area contributed by atoms with Gasteiger partial charge in [-0.05, 0) is 43.2 Å². The van der Waals surface area contributed by atoms with Crippen LogP contribution < -0.4 is 4.90 Å². The fraction of sp³-hybridized carbons (Fsp3) is 0.182. The summed E-state index contributed by atoms with van der Waals surface area (Å²) in [7, 11) is 0. The number of rotatable bonds is 1. The van der Waals surface area contributed by atoms with Crippen molar-refractivity contribution in [2.75, 3.05) is 11.4 Å². The molecule has 3 aromatic rings. The van der Waals surface area contributed by atoms with Crippen molar-refractivity contribution in [3.8, 4) is 0 Å². The predicted octanol–water partition coefficient (Wildman–Crippen LogP) is 3.79. The summed E-state index contributed by atoms with van der Waals surface area (Å²) in [4.78, 5) is 33.2. The molecule has 1 N–H and O–H groups in total. The van der Waals surface area contributed by atoms with Gasteiger partial charge in [0.25, 0.3) is 11.8 Å². The molecule has 1 aromatic heterocycles. The Labute approximate surface area is 156 Å². The van der Waals surface area contributed by atoms with Gasteiger partial charge in [-0.15, -0.1) is 0 Å². The maximum Gasteiger partial charge on any atom is 0.257 e.